The fourth-order valence-electron chi connectivity index (χ4n) is 3.71. The van der Waals surface area contributed by atoms with Crippen LogP contribution in [0.5, 0.6) is 11.5 Å². The molecule has 9 nitrogen and oxygen atoms in total. The fraction of sp³-hybridized carbons (Fsp3) is 0.304. The molecule has 1 aliphatic heterocycles. The summed E-state index contributed by atoms with van der Waals surface area (Å²) >= 11 is 0. The summed E-state index contributed by atoms with van der Waals surface area (Å²) in [6.45, 7) is 2.30. The van der Waals surface area contributed by atoms with Crippen molar-refractivity contribution in [2.75, 3.05) is 20.8 Å². The van der Waals surface area contributed by atoms with Gasteiger partial charge in [-0.05, 0) is 36.2 Å². The maximum atomic E-state index is 13.0. The number of hydrogen-bond donors (Lipinski definition) is 1. The molecule has 0 aromatic heterocycles. The SMILES string of the molecule is CCCCN1C(=O)C(=O)/C(=C(\O)c2ccc([N+](=O)[O-])cc2)C1c1ccc(OC)c(OC)c1. The van der Waals surface area contributed by atoms with Gasteiger partial charge in [0.2, 0.25) is 0 Å². The summed E-state index contributed by atoms with van der Waals surface area (Å²) in [5, 5.41) is 21.9. The molecular weight excluding hydrogens is 416 g/mol. The van der Waals surface area contributed by atoms with Crippen molar-refractivity contribution in [1.29, 1.82) is 0 Å². The van der Waals surface area contributed by atoms with Gasteiger partial charge in [0.1, 0.15) is 5.76 Å². The molecule has 1 atom stereocenters. The molecule has 0 bridgehead atoms. The Labute approximate surface area is 185 Å². The molecule has 9 heteroatoms. The van der Waals surface area contributed by atoms with Gasteiger partial charge in [-0.1, -0.05) is 19.4 Å². The third-order valence-corrected chi connectivity index (χ3v) is 5.37. The molecule has 2 aromatic rings. The van der Waals surface area contributed by atoms with Gasteiger partial charge in [0.05, 0.1) is 30.8 Å². The van der Waals surface area contributed by atoms with E-state index in [0.717, 1.165) is 6.42 Å². The quantitative estimate of drug-likeness (QED) is 0.218. The maximum absolute atomic E-state index is 13.0. The number of carbonyl (C=O) groups is 2. The first-order valence-corrected chi connectivity index (χ1v) is 10.1. The first-order chi connectivity index (χ1) is 15.3. The number of non-ortho nitro benzene ring substituents is 1. The Morgan fingerprint density at radius 3 is 2.31 bits per heavy atom. The van der Waals surface area contributed by atoms with E-state index in [9.17, 15) is 24.8 Å². The van der Waals surface area contributed by atoms with Crippen molar-refractivity contribution in [2.45, 2.75) is 25.8 Å². The first-order valence-electron chi connectivity index (χ1n) is 10.1. The summed E-state index contributed by atoms with van der Waals surface area (Å²) in [6.07, 6.45) is 1.48. The van der Waals surface area contributed by atoms with Crippen molar-refractivity contribution in [2.24, 2.45) is 0 Å². The van der Waals surface area contributed by atoms with Crippen LogP contribution >= 0.6 is 0 Å². The van der Waals surface area contributed by atoms with Crippen molar-refractivity contribution < 1.29 is 29.1 Å². The number of Topliss-reactive ketones (excluding diaryl/α,β-unsaturated/α-hetero) is 1. The number of nitro benzene ring substituents is 1. The minimum absolute atomic E-state index is 0.0767. The lowest BCUT2D eigenvalue weighted by molar-refractivity contribution is -0.384. The van der Waals surface area contributed by atoms with Crippen LogP contribution in [0, 0.1) is 10.1 Å². The minimum Gasteiger partial charge on any atom is -0.507 e. The normalized spacial score (nSPS) is 17.5. The Hall–Kier alpha value is -3.88. The van der Waals surface area contributed by atoms with E-state index in [0.29, 0.717) is 30.0 Å². The molecule has 1 unspecified atom stereocenters. The molecule has 2 aromatic carbocycles. The number of hydrogen-bond acceptors (Lipinski definition) is 7. The number of benzene rings is 2. The Morgan fingerprint density at radius 2 is 1.75 bits per heavy atom. The number of aliphatic hydroxyl groups is 1. The van der Waals surface area contributed by atoms with Crippen LogP contribution in [-0.2, 0) is 9.59 Å². The van der Waals surface area contributed by atoms with E-state index >= 15 is 0 Å². The standard InChI is InChI=1S/C23H24N2O7/c1-4-5-12-24-20(15-8-11-17(31-2)18(13-15)32-3)19(22(27)23(24)28)21(26)14-6-9-16(10-7-14)25(29)30/h6-11,13,20,26H,4-5,12H2,1-3H3/b21-19-. The van der Waals surface area contributed by atoms with E-state index in [-0.39, 0.29) is 16.8 Å². The van der Waals surface area contributed by atoms with Crippen LogP contribution in [0.1, 0.15) is 36.9 Å². The predicted octanol–water partition coefficient (Wildman–Crippen LogP) is 3.83. The van der Waals surface area contributed by atoms with Gasteiger partial charge in [0.25, 0.3) is 17.4 Å². The van der Waals surface area contributed by atoms with Crippen molar-refractivity contribution in [3.05, 3.63) is 69.3 Å². The number of aliphatic hydroxyl groups excluding tert-OH is 1. The number of carbonyl (C=O) groups excluding carboxylic acids is 2. The molecule has 0 saturated carbocycles. The lowest BCUT2D eigenvalue weighted by Gasteiger charge is -2.25. The number of likely N-dealkylation sites (tertiary alicyclic amines) is 1. The second kappa shape index (κ2) is 9.51. The van der Waals surface area contributed by atoms with Gasteiger partial charge in [-0.3, -0.25) is 19.7 Å². The molecule has 3 rings (SSSR count). The summed E-state index contributed by atoms with van der Waals surface area (Å²) in [5.41, 5.74) is 0.546. The number of amides is 1. The number of ether oxygens (including phenoxy) is 2. The van der Waals surface area contributed by atoms with E-state index in [1.807, 2.05) is 6.92 Å². The number of nitrogens with zero attached hydrogens (tertiary/aromatic N) is 2. The third kappa shape index (κ3) is 4.14. The Balaban J connectivity index is 2.17. The number of unbranched alkanes of at least 4 members (excludes halogenated alkanes) is 1. The molecule has 0 aliphatic carbocycles. The minimum atomic E-state index is -0.837. The molecule has 0 radical (unpaired) electrons. The monoisotopic (exact) mass is 440 g/mol. The zero-order chi connectivity index (χ0) is 23.4. The summed E-state index contributed by atoms with van der Waals surface area (Å²) in [4.78, 5) is 37.6. The largest absolute Gasteiger partial charge is 0.507 e. The summed E-state index contributed by atoms with van der Waals surface area (Å²) in [5.74, 6) is -1.01. The van der Waals surface area contributed by atoms with Crippen LogP contribution in [0.15, 0.2) is 48.0 Å². The van der Waals surface area contributed by atoms with Crippen molar-refractivity contribution in [1.82, 2.24) is 4.90 Å². The highest BCUT2D eigenvalue weighted by Crippen LogP contribution is 2.42. The molecule has 1 N–H and O–H groups in total. The smallest absolute Gasteiger partial charge is 0.295 e. The van der Waals surface area contributed by atoms with Crippen LogP contribution < -0.4 is 9.47 Å². The highest BCUT2D eigenvalue weighted by atomic mass is 16.6. The van der Waals surface area contributed by atoms with E-state index in [1.54, 1.807) is 18.2 Å². The molecule has 168 valence electrons. The predicted molar refractivity (Wildman–Crippen MR) is 117 cm³/mol. The molecular formula is C23H24N2O7. The number of ketones is 1. The van der Waals surface area contributed by atoms with E-state index < -0.39 is 28.4 Å². The van der Waals surface area contributed by atoms with Gasteiger partial charge >= 0.3 is 0 Å². The van der Waals surface area contributed by atoms with Crippen molar-refractivity contribution >= 4 is 23.1 Å². The zero-order valence-corrected chi connectivity index (χ0v) is 18.0. The van der Waals surface area contributed by atoms with E-state index in [2.05, 4.69) is 0 Å². The second-order valence-electron chi connectivity index (χ2n) is 7.26. The molecule has 1 fully saturated rings. The van der Waals surface area contributed by atoms with Crippen LogP contribution in [0.25, 0.3) is 5.76 Å². The molecule has 0 spiro atoms. The third-order valence-electron chi connectivity index (χ3n) is 5.37. The van der Waals surface area contributed by atoms with Gasteiger partial charge < -0.3 is 19.5 Å². The van der Waals surface area contributed by atoms with Crippen LogP contribution in [0.2, 0.25) is 0 Å². The molecule has 1 saturated heterocycles. The van der Waals surface area contributed by atoms with Gasteiger partial charge in [-0.15, -0.1) is 0 Å². The summed E-state index contributed by atoms with van der Waals surface area (Å²) in [6, 6.07) is 9.35. The summed E-state index contributed by atoms with van der Waals surface area (Å²) < 4.78 is 10.6. The topological polar surface area (TPSA) is 119 Å². The number of nitro groups is 1. The first kappa shape index (κ1) is 22.8. The van der Waals surface area contributed by atoms with E-state index in [1.165, 1.54) is 43.4 Å². The van der Waals surface area contributed by atoms with Crippen molar-refractivity contribution in [3.8, 4) is 11.5 Å². The van der Waals surface area contributed by atoms with E-state index in [4.69, 9.17) is 9.47 Å². The zero-order valence-electron chi connectivity index (χ0n) is 18.0. The Kier molecular flexibility index (Phi) is 6.77. The van der Waals surface area contributed by atoms with Gasteiger partial charge in [-0.2, -0.15) is 0 Å². The lowest BCUT2D eigenvalue weighted by Crippen LogP contribution is -2.30. The highest BCUT2D eigenvalue weighted by Gasteiger charge is 2.46. The molecule has 32 heavy (non-hydrogen) atoms. The average molecular weight is 440 g/mol. The fourth-order valence-corrected chi connectivity index (χ4v) is 3.71. The summed E-state index contributed by atoms with van der Waals surface area (Å²) in [7, 11) is 2.98. The number of rotatable bonds is 8. The molecule has 1 amide bonds. The molecule has 1 aliphatic rings. The number of methoxy groups -OCH3 is 2. The van der Waals surface area contributed by atoms with Crippen molar-refractivity contribution in [3.63, 3.8) is 0 Å². The van der Waals surface area contributed by atoms with Gasteiger partial charge in [0, 0.05) is 24.2 Å². The van der Waals surface area contributed by atoms with Crippen LogP contribution in [0.4, 0.5) is 5.69 Å². The highest BCUT2D eigenvalue weighted by molar-refractivity contribution is 6.46. The molecule has 1 heterocycles. The van der Waals surface area contributed by atoms with Gasteiger partial charge in [0.15, 0.2) is 11.5 Å². The maximum Gasteiger partial charge on any atom is 0.295 e. The average Bonchev–Trinajstić information content (AvgIpc) is 3.06. The van der Waals surface area contributed by atoms with Crippen LogP contribution in [-0.4, -0.2) is 47.4 Å². The van der Waals surface area contributed by atoms with Gasteiger partial charge in [-0.25, -0.2) is 0 Å². The Bertz CT molecular complexity index is 1080. The Morgan fingerprint density at radius 1 is 1.09 bits per heavy atom. The second-order valence-corrected chi connectivity index (χ2v) is 7.26. The lowest BCUT2D eigenvalue weighted by atomic mass is 9.95. The van der Waals surface area contributed by atoms with Crippen LogP contribution in [0.3, 0.4) is 0 Å².